The molecule has 10 nitrogen and oxygen atoms in total. The van der Waals surface area contributed by atoms with Crippen LogP contribution in [-0.4, -0.2) is 64.7 Å². The zero-order valence-corrected chi connectivity index (χ0v) is 25.5. The van der Waals surface area contributed by atoms with Crippen LogP contribution in [0.1, 0.15) is 49.8 Å². The molecule has 2 aromatic carbocycles. The molecule has 0 aromatic heterocycles. The number of amides is 3. The summed E-state index contributed by atoms with van der Waals surface area (Å²) in [6.07, 6.45) is 3.15. The maximum Gasteiger partial charge on any atom is 0.408 e. The Balaban J connectivity index is 1.55. The molecule has 0 unspecified atom stereocenters. The minimum Gasteiger partial charge on any atom is -0.462 e. The van der Waals surface area contributed by atoms with Gasteiger partial charge in [0.05, 0.1) is 24.1 Å². The third kappa shape index (κ3) is 10.1. The number of aliphatic hydroxyl groups excluding tert-OH is 1. The van der Waals surface area contributed by atoms with Gasteiger partial charge in [0.25, 0.3) is 0 Å². The first-order valence-electron chi connectivity index (χ1n) is 14.7. The lowest BCUT2D eigenvalue weighted by Crippen LogP contribution is -2.52. The molecule has 3 atom stereocenters. The van der Waals surface area contributed by atoms with Gasteiger partial charge in [-0.1, -0.05) is 66.7 Å². The van der Waals surface area contributed by atoms with Gasteiger partial charge in [0.1, 0.15) is 19.3 Å². The van der Waals surface area contributed by atoms with Crippen molar-refractivity contribution in [2.45, 2.75) is 70.3 Å². The number of allylic oxidation sites excluding steroid dienone is 1. The molecule has 0 aliphatic carbocycles. The Morgan fingerprint density at radius 2 is 1.66 bits per heavy atom. The normalized spacial score (nSPS) is 15.6. The van der Waals surface area contributed by atoms with E-state index in [4.69, 9.17) is 9.47 Å². The maximum atomic E-state index is 13.4. The fourth-order valence-electron chi connectivity index (χ4n) is 4.97. The molecule has 1 aliphatic rings. The Bertz CT molecular complexity index is 1310. The van der Waals surface area contributed by atoms with Gasteiger partial charge in [-0.25, -0.2) is 9.59 Å². The van der Waals surface area contributed by atoms with Crippen molar-refractivity contribution in [3.63, 3.8) is 0 Å². The van der Waals surface area contributed by atoms with E-state index < -0.39 is 29.6 Å². The van der Waals surface area contributed by atoms with E-state index in [9.17, 15) is 24.3 Å². The Hall–Kier alpha value is -4.44. The van der Waals surface area contributed by atoms with Gasteiger partial charge in [0.2, 0.25) is 11.8 Å². The number of hydrogen-bond donors (Lipinski definition) is 3. The first-order valence-corrected chi connectivity index (χ1v) is 14.7. The first kappa shape index (κ1) is 34.1. The number of benzene rings is 2. The van der Waals surface area contributed by atoms with Crippen molar-refractivity contribution in [2.75, 3.05) is 13.2 Å². The molecule has 3 amide bonds. The van der Waals surface area contributed by atoms with Crippen LogP contribution in [0.15, 0.2) is 79.9 Å². The van der Waals surface area contributed by atoms with Crippen LogP contribution in [-0.2, 0) is 43.4 Å². The molecule has 0 fully saturated rings. The van der Waals surface area contributed by atoms with E-state index in [1.54, 1.807) is 24.8 Å². The number of carbonyl (C=O) groups excluding carboxylic acids is 4. The highest BCUT2D eigenvalue weighted by atomic mass is 16.6. The van der Waals surface area contributed by atoms with Crippen molar-refractivity contribution in [1.29, 1.82) is 0 Å². The highest BCUT2D eigenvalue weighted by molar-refractivity contribution is 5.87. The number of carbonyl (C=O) groups is 4. The minimum absolute atomic E-state index is 0.0433. The number of hydrogen-bond acceptors (Lipinski definition) is 7. The SMILES string of the molecule is C=CC[C@H](CC(=O)N1Cc2ccccc2C[C@H]1CO)C(=O)NC(C)(C)COC(=O)[C@@H](CC=C)NC(=O)OCc1ccccc1. The molecule has 0 saturated carbocycles. The third-order valence-corrected chi connectivity index (χ3v) is 7.36. The van der Waals surface area contributed by atoms with Gasteiger partial charge in [0, 0.05) is 13.0 Å². The Morgan fingerprint density at radius 1 is 1.00 bits per heavy atom. The summed E-state index contributed by atoms with van der Waals surface area (Å²) in [6.45, 7) is 10.8. The largest absolute Gasteiger partial charge is 0.462 e. The number of fused-ring (bicyclic) bond motifs is 1. The molecule has 3 N–H and O–H groups in total. The summed E-state index contributed by atoms with van der Waals surface area (Å²) >= 11 is 0. The van der Waals surface area contributed by atoms with E-state index in [1.807, 2.05) is 54.6 Å². The zero-order chi connectivity index (χ0) is 32.1. The summed E-state index contributed by atoms with van der Waals surface area (Å²) in [5.41, 5.74) is 1.93. The molecule has 2 aromatic rings. The number of nitrogens with zero attached hydrogens (tertiary/aromatic N) is 1. The fourth-order valence-corrected chi connectivity index (χ4v) is 4.97. The summed E-state index contributed by atoms with van der Waals surface area (Å²) in [4.78, 5) is 53.5. The van der Waals surface area contributed by atoms with E-state index in [0.29, 0.717) is 13.0 Å². The summed E-state index contributed by atoms with van der Waals surface area (Å²) in [7, 11) is 0. The molecule has 0 bridgehead atoms. The average Bonchev–Trinajstić information content (AvgIpc) is 3.01. The summed E-state index contributed by atoms with van der Waals surface area (Å²) < 4.78 is 10.7. The number of ether oxygens (including phenoxy) is 2. The lowest BCUT2D eigenvalue weighted by atomic mass is 9.92. The quantitative estimate of drug-likeness (QED) is 0.208. The second-order valence-electron chi connectivity index (χ2n) is 11.5. The van der Waals surface area contributed by atoms with Gasteiger partial charge in [-0.2, -0.15) is 0 Å². The molecular formula is C34H43N3O7. The first-order chi connectivity index (χ1) is 21.1. The van der Waals surface area contributed by atoms with Crippen LogP contribution in [0.5, 0.6) is 0 Å². The summed E-state index contributed by atoms with van der Waals surface area (Å²) in [5, 5.41) is 15.3. The van der Waals surface area contributed by atoms with Crippen LogP contribution in [0.25, 0.3) is 0 Å². The van der Waals surface area contributed by atoms with Crippen LogP contribution in [0.4, 0.5) is 4.79 Å². The van der Waals surface area contributed by atoms with Gasteiger partial charge in [0.15, 0.2) is 0 Å². The molecule has 44 heavy (non-hydrogen) atoms. The predicted molar refractivity (Wildman–Crippen MR) is 166 cm³/mol. The molecule has 0 spiro atoms. The molecule has 3 rings (SSSR count). The highest BCUT2D eigenvalue weighted by Gasteiger charge is 2.34. The average molecular weight is 606 g/mol. The zero-order valence-electron chi connectivity index (χ0n) is 25.5. The lowest BCUT2D eigenvalue weighted by molar-refractivity contribution is -0.149. The Morgan fingerprint density at radius 3 is 2.32 bits per heavy atom. The molecule has 1 heterocycles. The number of esters is 1. The number of rotatable bonds is 15. The molecule has 0 radical (unpaired) electrons. The monoisotopic (exact) mass is 605 g/mol. The molecule has 1 aliphatic heterocycles. The van der Waals surface area contributed by atoms with Crippen LogP contribution < -0.4 is 10.6 Å². The van der Waals surface area contributed by atoms with Crippen molar-refractivity contribution in [3.05, 3.63) is 96.6 Å². The van der Waals surface area contributed by atoms with E-state index in [1.165, 1.54) is 6.08 Å². The van der Waals surface area contributed by atoms with E-state index in [0.717, 1.165) is 16.7 Å². The Kier molecular flexibility index (Phi) is 12.7. The Labute approximate surface area is 259 Å². The molecule has 236 valence electrons. The van der Waals surface area contributed by atoms with Gasteiger partial charge in [-0.15, -0.1) is 13.2 Å². The summed E-state index contributed by atoms with van der Waals surface area (Å²) in [6, 6.07) is 15.5. The van der Waals surface area contributed by atoms with Crippen molar-refractivity contribution in [3.8, 4) is 0 Å². The second-order valence-corrected chi connectivity index (χ2v) is 11.5. The van der Waals surface area contributed by atoms with Gasteiger partial charge >= 0.3 is 12.1 Å². The maximum absolute atomic E-state index is 13.4. The van der Waals surface area contributed by atoms with E-state index >= 15 is 0 Å². The number of nitrogens with one attached hydrogen (secondary N) is 2. The van der Waals surface area contributed by atoms with Crippen molar-refractivity contribution in [2.24, 2.45) is 5.92 Å². The standard InChI is InChI=1S/C34H43N3O7/c1-5-12-26(19-30(39)37-20-27-17-11-10-16-25(27)18-28(37)21-38)31(40)36-34(3,4)23-44-32(41)29(13-6-2)35-33(42)43-22-24-14-8-7-9-15-24/h5-11,14-17,26,28-29,38H,1-2,12-13,18-23H2,3-4H3,(H,35,42)(H,36,40)/t26-,28+,29-/m1/s1. The highest BCUT2D eigenvalue weighted by Crippen LogP contribution is 2.25. The molecule has 10 heteroatoms. The third-order valence-electron chi connectivity index (χ3n) is 7.36. The van der Waals surface area contributed by atoms with Gasteiger partial charge in [-0.05, 0) is 49.8 Å². The van der Waals surface area contributed by atoms with E-state index in [-0.39, 0.29) is 56.9 Å². The second kappa shape index (κ2) is 16.4. The predicted octanol–water partition coefficient (Wildman–Crippen LogP) is 3.82. The van der Waals surface area contributed by atoms with Crippen LogP contribution in [0, 0.1) is 5.92 Å². The van der Waals surface area contributed by atoms with E-state index in [2.05, 4.69) is 23.8 Å². The number of alkyl carbamates (subject to hydrolysis) is 1. The lowest BCUT2D eigenvalue weighted by Gasteiger charge is -2.37. The fraction of sp³-hybridized carbons (Fsp3) is 0.412. The van der Waals surface area contributed by atoms with Gasteiger partial charge in [-0.3, -0.25) is 9.59 Å². The minimum atomic E-state index is -1.03. The topological polar surface area (TPSA) is 134 Å². The van der Waals surface area contributed by atoms with Crippen LogP contribution in [0.3, 0.4) is 0 Å². The molecular weight excluding hydrogens is 562 g/mol. The van der Waals surface area contributed by atoms with Crippen LogP contribution >= 0.6 is 0 Å². The smallest absolute Gasteiger partial charge is 0.408 e. The molecule has 0 saturated heterocycles. The van der Waals surface area contributed by atoms with Crippen molar-refractivity contribution < 1.29 is 33.8 Å². The van der Waals surface area contributed by atoms with Crippen LogP contribution in [0.2, 0.25) is 0 Å². The summed E-state index contributed by atoms with van der Waals surface area (Å²) in [5.74, 6) is -2.03. The van der Waals surface area contributed by atoms with Crippen molar-refractivity contribution in [1.82, 2.24) is 15.5 Å². The number of aliphatic hydroxyl groups is 1. The van der Waals surface area contributed by atoms with Gasteiger partial charge < -0.3 is 30.1 Å². The van der Waals surface area contributed by atoms with Crippen molar-refractivity contribution >= 4 is 23.9 Å².